The summed E-state index contributed by atoms with van der Waals surface area (Å²) >= 11 is 5.97. The summed E-state index contributed by atoms with van der Waals surface area (Å²) in [6.45, 7) is 4.35. The molecule has 0 spiro atoms. The van der Waals surface area contributed by atoms with Crippen molar-refractivity contribution >= 4 is 49.6 Å². The van der Waals surface area contributed by atoms with Crippen molar-refractivity contribution in [1.29, 1.82) is 0 Å². The minimum absolute atomic E-state index is 0.493. The van der Waals surface area contributed by atoms with Crippen LogP contribution in [0.15, 0.2) is 16.9 Å². The van der Waals surface area contributed by atoms with Crippen LogP contribution in [0, 0.1) is 3.57 Å². The van der Waals surface area contributed by atoms with Gasteiger partial charge < -0.3 is 4.98 Å². The molecule has 4 heteroatoms. The highest BCUT2D eigenvalue weighted by Crippen LogP contribution is 2.33. The number of halogens is 2. The summed E-state index contributed by atoms with van der Waals surface area (Å²) in [6, 6.07) is 0. The van der Waals surface area contributed by atoms with Crippen molar-refractivity contribution < 1.29 is 0 Å². The molecule has 1 N–H and O–H groups in total. The highest BCUT2D eigenvalue weighted by Gasteiger charge is 2.12. The fraction of sp³-hybridized carbons (Fsp3) is 0.300. The Morgan fingerprint density at radius 2 is 2.21 bits per heavy atom. The van der Waals surface area contributed by atoms with Gasteiger partial charge in [-0.05, 0) is 50.0 Å². The molecule has 2 rings (SSSR count). The Hall–Kier alpha value is -0.100. The fourth-order valence-electron chi connectivity index (χ4n) is 1.44. The average Bonchev–Trinajstić information content (AvgIpc) is 2.48. The summed E-state index contributed by atoms with van der Waals surface area (Å²) in [7, 11) is 0. The number of aromatic nitrogens is 2. The molecular formula is C10H10BrIN2. The van der Waals surface area contributed by atoms with Gasteiger partial charge in [-0.15, -0.1) is 0 Å². The number of nitrogens with zero attached hydrogens (tertiary/aromatic N) is 1. The van der Waals surface area contributed by atoms with E-state index in [0.29, 0.717) is 5.92 Å². The van der Waals surface area contributed by atoms with E-state index in [1.807, 2.05) is 12.4 Å². The zero-order valence-corrected chi connectivity index (χ0v) is 11.7. The molecule has 0 atom stereocenters. The van der Waals surface area contributed by atoms with Crippen molar-refractivity contribution in [2.75, 3.05) is 0 Å². The summed E-state index contributed by atoms with van der Waals surface area (Å²) in [5.74, 6) is 0.493. The molecule has 0 saturated carbocycles. The van der Waals surface area contributed by atoms with Crippen LogP contribution in [-0.4, -0.2) is 9.97 Å². The van der Waals surface area contributed by atoms with Crippen molar-refractivity contribution in [3.8, 4) is 0 Å². The standard InChI is InChI=1S/C10H10BrIN2/c1-5(2)6-3-13-10-8(9(6)11)7(12)4-14-10/h3-5H,1-2H3,(H,13,14). The molecule has 0 fully saturated rings. The highest BCUT2D eigenvalue weighted by atomic mass is 127. The number of hydrogen-bond acceptors (Lipinski definition) is 1. The molecule has 0 bridgehead atoms. The maximum atomic E-state index is 4.39. The Bertz CT molecular complexity index is 476. The second-order valence-corrected chi connectivity index (χ2v) is 5.50. The van der Waals surface area contributed by atoms with Gasteiger partial charge in [-0.25, -0.2) is 4.98 Å². The first-order chi connectivity index (χ1) is 6.61. The molecule has 0 aliphatic heterocycles. The molecule has 2 aromatic heterocycles. The van der Waals surface area contributed by atoms with Crippen LogP contribution in [0.25, 0.3) is 11.0 Å². The van der Waals surface area contributed by atoms with Gasteiger partial charge in [0, 0.05) is 25.8 Å². The summed E-state index contributed by atoms with van der Waals surface area (Å²) < 4.78 is 2.38. The lowest BCUT2D eigenvalue weighted by Gasteiger charge is -2.08. The van der Waals surface area contributed by atoms with Crippen LogP contribution < -0.4 is 0 Å². The van der Waals surface area contributed by atoms with Crippen molar-refractivity contribution in [3.63, 3.8) is 0 Å². The second kappa shape index (κ2) is 3.81. The molecule has 0 aromatic carbocycles. The van der Waals surface area contributed by atoms with Gasteiger partial charge in [-0.2, -0.15) is 0 Å². The van der Waals surface area contributed by atoms with Gasteiger partial charge >= 0.3 is 0 Å². The van der Waals surface area contributed by atoms with Crippen LogP contribution in [0.4, 0.5) is 0 Å². The van der Waals surface area contributed by atoms with Crippen molar-refractivity contribution in [2.24, 2.45) is 0 Å². The van der Waals surface area contributed by atoms with E-state index >= 15 is 0 Å². The Balaban J connectivity index is 2.79. The fourth-order valence-corrected chi connectivity index (χ4v) is 3.45. The molecule has 74 valence electrons. The van der Waals surface area contributed by atoms with E-state index in [1.165, 1.54) is 19.0 Å². The van der Waals surface area contributed by atoms with Crippen LogP contribution in [0.3, 0.4) is 0 Å². The molecule has 2 aromatic rings. The number of pyridine rings is 1. The molecule has 14 heavy (non-hydrogen) atoms. The first kappa shape index (κ1) is 10.4. The van der Waals surface area contributed by atoms with Crippen LogP contribution in [0.5, 0.6) is 0 Å². The number of H-pyrrole nitrogens is 1. The molecular weight excluding hydrogens is 355 g/mol. The number of nitrogens with one attached hydrogen (secondary N) is 1. The maximum Gasteiger partial charge on any atom is 0.139 e. The van der Waals surface area contributed by atoms with Gasteiger partial charge in [0.2, 0.25) is 0 Å². The highest BCUT2D eigenvalue weighted by molar-refractivity contribution is 14.1. The van der Waals surface area contributed by atoms with E-state index in [-0.39, 0.29) is 0 Å². The molecule has 0 unspecified atom stereocenters. The number of aromatic amines is 1. The Morgan fingerprint density at radius 1 is 1.50 bits per heavy atom. The van der Waals surface area contributed by atoms with Gasteiger partial charge in [-0.3, -0.25) is 0 Å². The molecule has 0 aliphatic carbocycles. The smallest absolute Gasteiger partial charge is 0.139 e. The predicted molar refractivity (Wildman–Crippen MR) is 70.6 cm³/mol. The van der Waals surface area contributed by atoms with E-state index in [9.17, 15) is 0 Å². The first-order valence-corrected chi connectivity index (χ1v) is 6.29. The molecule has 0 radical (unpaired) electrons. The lowest BCUT2D eigenvalue weighted by atomic mass is 10.1. The number of hydrogen-bond donors (Lipinski definition) is 1. The van der Waals surface area contributed by atoms with Gasteiger partial charge in [0.1, 0.15) is 5.65 Å². The molecule has 0 saturated heterocycles. The SMILES string of the molecule is CC(C)c1cnc2[nH]cc(I)c2c1Br. The molecule has 2 nitrogen and oxygen atoms in total. The summed E-state index contributed by atoms with van der Waals surface area (Å²) in [6.07, 6.45) is 3.91. The molecule has 0 aliphatic rings. The normalized spacial score (nSPS) is 11.5. The maximum absolute atomic E-state index is 4.39. The van der Waals surface area contributed by atoms with Crippen molar-refractivity contribution in [1.82, 2.24) is 9.97 Å². The largest absolute Gasteiger partial charge is 0.345 e. The lowest BCUT2D eigenvalue weighted by Crippen LogP contribution is -1.92. The average molecular weight is 365 g/mol. The van der Waals surface area contributed by atoms with E-state index < -0.39 is 0 Å². The van der Waals surface area contributed by atoms with Crippen LogP contribution in [0.1, 0.15) is 25.3 Å². The van der Waals surface area contributed by atoms with E-state index in [1.54, 1.807) is 0 Å². The van der Waals surface area contributed by atoms with Crippen LogP contribution in [0.2, 0.25) is 0 Å². The lowest BCUT2D eigenvalue weighted by molar-refractivity contribution is 0.856. The second-order valence-electron chi connectivity index (χ2n) is 3.54. The summed E-state index contributed by atoms with van der Waals surface area (Å²) in [4.78, 5) is 7.54. The number of rotatable bonds is 1. The molecule has 0 amide bonds. The van der Waals surface area contributed by atoms with Crippen molar-refractivity contribution in [3.05, 3.63) is 26.0 Å². The van der Waals surface area contributed by atoms with Crippen LogP contribution in [-0.2, 0) is 0 Å². The van der Waals surface area contributed by atoms with Gasteiger partial charge in [0.15, 0.2) is 0 Å². The first-order valence-electron chi connectivity index (χ1n) is 4.42. The Morgan fingerprint density at radius 3 is 2.86 bits per heavy atom. The Kier molecular flexibility index (Phi) is 2.83. The number of fused-ring (bicyclic) bond motifs is 1. The van der Waals surface area contributed by atoms with Gasteiger partial charge in [0.05, 0.1) is 0 Å². The van der Waals surface area contributed by atoms with E-state index in [0.717, 1.165) is 5.65 Å². The minimum atomic E-state index is 0.493. The quantitative estimate of drug-likeness (QED) is 0.759. The van der Waals surface area contributed by atoms with Gasteiger partial charge in [0.25, 0.3) is 0 Å². The predicted octanol–water partition coefficient (Wildman–Crippen LogP) is 4.05. The van der Waals surface area contributed by atoms with Gasteiger partial charge in [-0.1, -0.05) is 13.8 Å². The third-order valence-corrected chi connectivity index (χ3v) is 3.94. The third kappa shape index (κ3) is 1.58. The minimum Gasteiger partial charge on any atom is -0.345 e. The zero-order chi connectivity index (χ0) is 10.3. The monoisotopic (exact) mass is 364 g/mol. The summed E-state index contributed by atoms with van der Waals surface area (Å²) in [5.41, 5.74) is 2.21. The van der Waals surface area contributed by atoms with Crippen molar-refractivity contribution in [2.45, 2.75) is 19.8 Å². The Labute approximate surface area is 105 Å². The summed E-state index contributed by atoms with van der Waals surface area (Å²) in [5, 5.41) is 1.19. The van der Waals surface area contributed by atoms with E-state index in [2.05, 4.69) is 62.3 Å². The molecule has 2 heterocycles. The third-order valence-electron chi connectivity index (χ3n) is 2.24. The zero-order valence-electron chi connectivity index (χ0n) is 7.94. The van der Waals surface area contributed by atoms with E-state index in [4.69, 9.17) is 0 Å². The topological polar surface area (TPSA) is 28.7 Å². The van der Waals surface area contributed by atoms with Crippen LogP contribution >= 0.6 is 38.5 Å².